The van der Waals surface area contributed by atoms with Crippen LogP contribution in [0.25, 0.3) is 0 Å². The molecule has 0 aliphatic heterocycles. The van der Waals surface area contributed by atoms with Gasteiger partial charge < -0.3 is 4.74 Å². The summed E-state index contributed by atoms with van der Waals surface area (Å²) in [7, 11) is -3.11. The predicted molar refractivity (Wildman–Crippen MR) is 75.0 cm³/mol. The summed E-state index contributed by atoms with van der Waals surface area (Å²) in [5, 5.41) is 0. The molecule has 0 saturated heterocycles. The van der Waals surface area contributed by atoms with Gasteiger partial charge in [-0.1, -0.05) is 6.07 Å². The molecule has 1 rings (SSSR count). The van der Waals surface area contributed by atoms with E-state index >= 15 is 0 Å². The second-order valence-electron chi connectivity index (χ2n) is 5.60. The Hall–Kier alpha value is -1.03. The number of benzene rings is 1. The fourth-order valence-corrected chi connectivity index (χ4v) is 2.51. The van der Waals surface area contributed by atoms with Crippen LogP contribution in [0.15, 0.2) is 18.2 Å². The summed E-state index contributed by atoms with van der Waals surface area (Å²) in [5.74, 6) is 0.778. The maximum Gasteiger partial charge on any atom is 0.158 e. The van der Waals surface area contributed by atoms with Crippen LogP contribution < -0.4 is 4.74 Å². The van der Waals surface area contributed by atoms with Crippen molar-refractivity contribution in [3.05, 3.63) is 29.3 Å². The van der Waals surface area contributed by atoms with Crippen LogP contribution in [0.1, 0.15) is 31.9 Å². The molecule has 0 bridgehead atoms. The highest BCUT2D eigenvalue weighted by Crippen LogP contribution is 2.18. The van der Waals surface area contributed by atoms with Gasteiger partial charge in [-0.3, -0.25) is 0 Å². The molecule has 0 unspecified atom stereocenters. The summed E-state index contributed by atoms with van der Waals surface area (Å²) in [6.45, 7) is 9.30. The van der Waals surface area contributed by atoms with Crippen LogP contribution in [-0.4, -0.2) is 25.5 Å². The standard InChI is InChI=1S/C14H22O3S/c1-11-8-12(2)10-13(9-11)17-6-7-18(15,16)14(3,4)5/h8-10H,6-7H2,1-5H3. The quantitative estimate of drug-likeness (QED) is 0.845. The zero-order valence-corrected chi connectivity index (χ0v) is 12.6. The van der Waals surface area contributed by atoms with Gasteiger partial charge in [0, 0.05) is 0 Å². The zero-order chi connectivity index (χ0) is 14.0. The second kappa shape index (κ2) is 5.31. The monoisotopic (exact) mass is 270 g/mol. The average Bonchev–Trinajstić information content (AvgIpc) is 2.13. The van der Waals surface area contributed by atoms with E-state index < -0.39 is 14.6 Å². The van der Waals surface area contributed by atoms with Gasteiger partial charge in [-0.25, -0.2) is 8.42 Å². The molecular weight excluding hydrogens is 248 g/mol. The van der Waals surface area contributed by atoms with Crippen molar-refractivity contribution in [1.82, 2.24) is 0 Å². The Kier molecular flexibility index (Phi) is 4.43. The van der Waals surface area contributed by atoms with Crippen molar-refractivity contribution >= 4 is 9.84 Å². The molecule has 0 heterocycles. The molecule has 0 amide bonds. The summed E-state index contributed by atoms with van der Waals surface area (Å²) >= 11 is 0. The van der Waals surface area contributed by atoms with Crippen molar-refractivity contribution in [2.45, 2.75) is 39.4 Å². The lowest BCUT2D eigenvalue weighted by atomic mass is 10.1. The lowest BCUT2D eigenvalue weighted by molar-refractivity contribution is 0.339. The molecule has 0 spiro atoms. The Bertz CT molecular complexity index is 490. The Morgan fingerprint density at radius 2 is 1.56 bits per heavy atom. The lowest BCUT2D eigenvalue weighted by Gasteiger charge is -2.19. The molecule has 102 valence electrons. The highest BCUT2D eigenvalue weighted by Gasteiger charge is 2.28. The fraction of sp³-hybridized carbons (Fsp3) is 0.571. The normalized spacial score (nSPS) is 12.5. The smallest absolute Gasteiger partial charge is 0.158 e. The predicted octanol–water partition coefficient (Wildman–Crippen LogP) is 2.90. The molecule has 4 heteroatoms. The highest BCUT2D eigenvalue weighted by atomic mass is 32.2. The van der Waals surface area contributed by atoms with Crippen LogP contribution in [0.2, 0.25) is 0 Å². The third-order valence-corrected chi connectivity index (χ3v) is 5.32. The lowest BCUT2D eigenvalue weighted by Crippen LogP contribution is -2.32. The first-order valence-electron chi connectivity index (χ1n) is 6.05. The summed E-state index contributed by atoms with van der Waals surface area (Å²) in [5.41, 5.74) is 2.23. The average molecular weight is 270 g/mol. The van der Waals surface area contributed by atoms with Gasteiger partial charge in [0.2, 0.25) is 0 Å². The molecular formula is C14H22O3S. The Labute approximate surface area is 110 Å². The minimum absolute atomic E-state index is 0.0451. The third-order valence-electron chi connectivity index (χ3n) is 2.75. The van der Waals surface area contributed by atoms with Crippen LogP contribution in [0, 0.1) is 13.8 Å². The van der Waals surface area contributed by atoms with Gasteiger partial charge >= 0.3 is 0 Å². The van der Waals surface area contributed by atoms with Crippen molar-refractivity contribution < 1.29 is 13.2 Å². The van der Waals surface area contributed by atoms with Crippen LogP contribution in [0.3, 0.4) is 0 Å². The number of sulfone groups is 1. The molecule has 3 nitrogen and oxygen atoms in total. The fourth-order valence-electron chi connectivity index (χ4n) is 1.59. The molecule has 1 aromatic carbocycles. The summed E-state index contributed by atoms with van der Waals surface area (Å²) in [4.78, 5) is 0. The number of aryl methyl sites for hydroxylation is 2. The van der Waals surface area contributed by atoms with Gasteiger partial charge in [-0.15, -0.1) is 0 Å². The van der Waals surface area contributed by atoms with E-state index in [0.717, 1.165) is 16.9 Å². The van der Waals surface area contributed by atoms with E-state index in [4.69, 9.17) is 4.74 Å². The van der Waals surface area contributed by atoms with Gasteiger partial charge in [-0.05, 0) is 57.9 Å². The first-order valence-corrected chi connectivity index (χ1v) is 7.70. The first kappa shape index (κ1) is 15.0. The first-order chi connectivity index (χ1) is 8.12. The Morgan fingerprint density at radius 3 is 2.00 bits per heavy atom. The molecule has 0 aliphatic rings. The van der Waals surface area contributed by atoms with Gasteiger partial charge in [0.15, 0.2) is 9.84 Å². The van der Waals surface area contributed by atoms with Crippen LogP contribution in [-0.2, 0) is 9.84 Å². The molecule has 0 aromatic heterocycles. The van der Waals surface area contributed by atoms with E-state index in [1.54, 1.807) is 20.8 Å². The van der Waals surface area contributed by atoms with Crippen molar-refractivity contribution in [2.24, 2.45) is 0 Å². The van der Waals surface area contributed by atoms with E-state index in [1.165, 1.54) is 0 Å². The minimum atomic E-state index is -3.11. The SMILES string of the molecule is Cc1cc(C)cc(OCCS(=O)(=O)C(C)(C)C)c1. The van der Waals surface area contributed by atoms with Gasteiger partial charge in [0.05, 0.1) is 10.5 Å². The van der Waals surface area contributed by atoms with E-state index in [1.807, 2.05) is 26.0 Å². The van der Waals surface area contributed by atoms with Crippen molar-refractivity contribution in [1.29, 1.82) is 0 Å². The summed E-state index contributed by atoms with van der Waals surface area (Å²) in [6.07, 6.45) is 0. The Morgan fingerprint density at radius 1 is 1.06 bits per heavy atom. The molecule has 18 heavy (non-hydrogen) atoms. The summed E-state index contributed by atoms with van der Waals surface area (Å²) < 4.78 is 28.6. The molecule has 0 saturated carbocycles. The maximum atomic E-state index is 11.9. The minimum Gasteiger partial charge on any atom is -0.493 e. The van der Waals surface area contributed by atoms with Gasteiger partial charge in [0.1, 0.15) is 12.4 Å². The number of rotatable bonds is 4. The molecule has 0 aliphatic carbocycles. The van der Waals surface area contributed by atoms with E-state index in [9.17, 15) is 8.42 Å². The topological polar surface area (TPSA) is 43.4 Å². The Balaban J connectivity index is 2.63. The largest absolute Gasteiger partial charge is 0.493 e. The number of ether oxygens (including phenoxy) is 1. The van der Waals surface area contributed by atoms with Crippen molar-refractivity contribution in [3.8, 4) is 5.75 Å². The second-order valence-corrected chi connectivity index (χ2v) is 8.47. The van der Waals surface area contributed by atoms with Crippen LogP contribution >= 0.6 is 0 Å². The molecule has 0 N–H and O–H groups in total. The van der Waals surface area contributed by atoms with Gasteiger partial charge in [0.25, 0.3) is 0 Å². The van der Waals surface area contributed by atoms with Crippen LogP contribution in [0.4, 0.5) is 0 Å². The molecule has 0 radical (unpaired) electrons. The van der Waals surface area contributed by atoms with Crippen molar-refractivity contribution in [2.75, 3.05) is 12.4 Å². The number of hydrogen-bond acceptors (Lipinski definition) is 3. The van der Waals surface area contributed by atoms with Crippen molar-refractivity contribution in [3.63, 3.8) is 0 Å². The van der Waals surface area contributed by atoms with Crippen LogP contribution in [0.5, 0.6) is 5.75 Å². The molecule has 0 atom stereocenters. The van der Waals surface area contributed by atoms with Gasteiger partial charge in [-0.2, -0.15) is 0 Å². The van der Waals surface area contributed by atoms with E-state index in [0.29, 0.717) is 0 Å². The number of hydrogen-bond donors (Lipinski definition) is 0. The third kappa shape index (κ3) is 4.02. The molecule has 1 aromatic rings. The highest BCUT2D eigenvalue weighted by molar-refractivity contribution is 7.92. The summed E-state index contributed by atoms with van der Waals surface area (Å²) in [6, 6.07) is 5.88. The maximum absolute atomic E-state index is 11.9. The van der Waals surface area contributed by atoms with E-state index in [-0.39, 0.29) is 12.4 Å². The zero-order valence-electron chi connectivity index (χ0n) is 11.8. The molecule has 0 fully saturated rings. The van der Waals surface area contributed by atoms with E-state index in [2.05, 4.69) is 6.07 Å².